The SMILES string of the molecule is CCC(CC)CNCC1Cc2nc[nH]c2CN1. The van der Waals surface area contributed by atoms with Crippen LogP contribution in [-0.4, -0.2) is 29.1 Å². The Labute approximate surface area is 104 Å². The zero-order chi connectivity index (χ0) is 12.1. The van der Waals surface area contributed by atoms with Crippen LogP contribution < -0.4 is 10.6 Å². The van der Waals surface area contributed by atoms with Gasteiger partial charge in [0.2, 0.25) is 0 Å². The van der Waals surface area contributed by atoms with E-state index in [1.54, 1.807) is 6.33 Å². The van der Waals surface area contributed by atoms with Gasteiger partial charge in [-0.2, -0.15) is 0 Å². The van der Waals surface area contributed by atoms with Crippen molar-refractivity contribution in [1.29, 1.82) is 0 Å². The van der Waals surface area contributed by atoms with Crippen molar-refractivity contribution in [2.75, 3.05) is 13.1 Å². The van der Waals surface area contributed by atoms with Gasteiger partial charge in [-0.1, -0.05) is 26.7 Å². The van der Waals surface area contributed by atoms with E-state index in [1.807, 2.05) is 0 Å². The lowest BCUT2D eigenvalue weighted by molar-refractivity contribution is 0.399. The number of H-pyrrole nitrogens is 1. The molecule has 3 N–H and O–H groups in total. The first-order valence-corrected chi connectivity index (χ1v) is 6.78. The van der Waals surface area contributed by atoms with Gasteiger partial charge in [0.25, 0.3) is 0 Å². The number of aromatic amines is 1. The predicted molar refractivity (Wildman–Crippen MR) is 69.9 cm³/mol. The maximum Gasteiger partial charge on any atom is 0.0925 e. The number of aromatic nitrogens is 2. The molecule has 0 amide bonds. The van der Waals surface area contributed by atoms with Crippen LogP contribution in [0.4, 0.5) is 0 Å². The fourth-order valence-electron chi connectivity index (χ4n) is 2.41. The van der Waals surface area contributed by atoms with Crippen molar-refractivity contribution in [2.45, 2.75) is 45.7 Å². The van der Waals surface area contributed by atoms with Gasteiger partial charge < -0.3 is 15.6 Å². The molecular formula is C13H24N4. The molecule has 0 aliphatic carbocycles. The molecule has 0 fully saturated rings. The summed E-state index contributed by atoms with van der Waals surface area (Å²) in [5, 5.41) is 7.12. The normalized spacial score (nSPS) is 19.6. The summed E-state index contributed by atoms with van der Waals surface area (Å²) in [6.07, 6.45) is 5.37. The number of fused-ring (bicyclic) bond motifs is 1. The molecule has 4 nitrogen and oxygen atoms in total. The Hall–Kier alpha value is -0.870. The van der Waals surface area contributed by atoms with E-state index in [9.17, 15) is 0 Å². The average Bonchev–Trinajstić information content (AvgIpc) is 2.82. The molecule has 2 heterocycles. The fourth-order valence-corrected chi connectivity index (χ4v) is 2.41. The van der Waals surface area contributed by atoms with Crippen LogP contribution >= 0.6 is 0 Å². The monoisotopic (exact) mass is 236 g/mol. The average molecular weight is 236 g/mol. The minimum Gasteiger partial charge on any atom is -0.347 e. The lowest BCUT2D eigenvalue weighted by atomic mass is 10.0. The molecule has 1 aromatic rings. The van der Waals surface area contributed by atoms with E-state index in [0.717, 1.165) is 32.0 Å². The smallest absolute Gasteiger partial charge is 0.0925 e. The first kappa shape index (κ1) is 12.6. The van der Waals surface area contributed by atoms with Crippen molar-refractivity contribution in [1.82, 2.24) is 20.6 Å². The van der Waals surface area contributed by atoms with Gasteiger partial charge in [-0.05, 0) is 12.5 Å². The largest absolute Gasteiger partial charge is 0.347 e. The molecule has 2 rings (SSSR count). The van der Waals surface area contributed by atoms with Crippen molar-refractivity contribution in [2.24, 2.45) is 5.92 Å². The van der Waals surface area contributed by atoms with Crippen molar-refractivity contribution in [3.05, 3.63) is 17.7 Å². The fraction of sp³-hybridized carbons (Fsp3) is 0.769. The highest BCUT2D eigenvalue weighted by Crippen LogP contribution is 2.11. The Morgan fingerprint density at radius 1 is 1.47 bits per heavy atom. The van der Waals surface area contributed by atoms with Crippen LogP contribution in [0.15, 0.2) is 6.33 Å². The summed E-state index contributed by atoms with van der Waals surface area (Å²) in [6, 6.07) is 0.528. The Morgan fingerprint density at radius 3 is 3.06 bits per heavy atom. The van der Waals surface area contributed by atoms with E-state index in [-0.39, 0.29) is 0 Å². The molecule has 0 aromatic carbocycles. The third-order valence-electron chi connectivity index (χ3n) is 3.79. The third-order valence-corrected chi connectivity index (χ3v) is 3.79. The number of hydrogen-bond donors (Lipinski definition) is 3. The van der Waals surface area contributed by atoms with Gasteiger partial charge in [0.15, 0.2) is 0 Å². The zero-order valence-corrected chi connectivity index (χ0v) is 10.9. The summed E-state index contributed by atoms with van der Waals surface area (Å²) >= 11 is 0. The van der Waals surface area contributed by atoms with Gasteiger partial charge >= 0.3 is 0 Å². The third kappa shape index (κ3) is 3.30. The van der Waals surface area contributed by atoms with Gasteiger partial charge in [0, 0.05) is 25.6 Å². The molecule has 1 atom stereocenters. The minimum absolute atomic E-state index is 0.528. The van der Waals surface area contributed by atoms with Gasteiger partial charge in [0.05, 0.1) is 17.7 Å². The van der Waals surface area contributed by atoms with E-state index in [0.29, 0.717) is 6.04 Å². The van der Waals surface area contributed by atoms with Gasteiger partial charge in [0.1, 0.15) is 0 Å². The summed E-state index contributed by atoms with van der Waals surface area (Å²) in [4.78, 5) is 7.54. The first-order valence-electron chi connectivity index (χ1n) is 6.78. The molecule has 0 radical (unpaired) electrons. The van der Waals surface area contributed by atoms with Crippen LogP contribution in [0.1, 0.15) is 38.1 Å². The van der Waals surface area contributed by atoms with Crippen LogP contribution in [0.5, 0.6) is 0 Å². The maximum atomic E-state index is 4.36. The van der Waals surface area contributed by atoms with E-state index in [1.165, 1.54) is 24.2 Å². The quantitative estimate of drug-likeness (QED) is 0.701. The molecule has 0 spiro atoms. The summed E-state index contributed by atoms with van der Waals surface area (Å²) in [5.74, 6) is 0.819. The van der Waals surface area contributed by atoms with Crippen molar-refractivity contribution >= 4 is 0 Å². The molecule has 4 heteroatoms. The number of nitrogens with one attached hydrogen (secondary N) is 3. The number of imidazole rings is 1. The van der Waals surface area contributed by atoms with Crippen LogP contribution in [0.2, 0.25) is 0 Å². The van der Waals surface area contributed by atoms with Crippen molar-refractivity contribution in [3.63, 3.8) is 0 Å². The van der Waals surface area contributed by atoms with Gasteiger partial charge in [-0.15, -0.1) is 0 Å². The molecular weight excluding hydrogens is 212 g/mol. The molecule has 1 aliphatic rings. The lowest BCUT2D eigenvalue weighted by Crippen LogP contribution is -2.44. The van der Waals surface area contributed by atoms with E-state index < -0.39 is 0 Å². The van der Waals surface area contributed by atoms with Crippen LogP contribution in [-0.2, 0) is 13.0 Å². The second-order valence-electron chi connectivity index (χ2n) is 4.95. The highest BCUT2D eigenvalue weighted by Gasteiger charge is 2.19. The Balaban J connectivity index is 1.71. The molecule has 1 unspecified atom stereocenters. The highest BCUT2D eigenvalue weighted by atomic mass is 15.0. The summed E-state index contributed by atoms with van der Waals surface area (Å²) in [5.41, 5.74) is 2.49. The topological polar surface area (TPSA) is 52.7 Å². The Kier molecular flexibility index (Phi) is 4.57. The van der Waals surface area contributed by atoms with Crippen molar-refractivity contribution in [3.8, 4) is 0 Å². The second kappa shape index (κ2) is 6.17. The van der Waals surface area contributed by atoms with E-state index in [4.69, 9.17) is 0 Å². The molecule has 0 saturated heterocycles. The van der Waals surface area contributed by atoms with Crippen LogP contribution in [0, 0.1) is 5.92 Å². The zero-order valence-electron chi connectivity index (χ0n) is 10.9. The molecule has 1 aromatic heterocycles. The number of nitrogens with zero attached hydrogens (tertiary/aromatic N) is 1. The Bertz CT molecular complexity index is 330. The standard InChI is InChI=1S/C13H24N4/c1-3-10(4-2)6-14-7-11-5-12-13(8-15-11)17-9-16-12/h9-11,14-15H,3-8H2,1-2H3,(H,16,17). The van der Waals surface area contributed by atoms with Crippen LogP contribution in [0.25, 0.3) is 0 Å². The van der Waals surface area contributed by atoms with Crippen LogP contribution in [0.3, 0.4) is 0 Å². The first-order chi connectivity index (χ1) is 8.33. The highest BCUT2D eigenvalue weighted by molar-refractivity contribution is 5.15. The predicted octanol–water partition coefficient (Wildman–Crippen LogP) is 1.45. The summed E-state index contributed by atoms with van der Waals surface area (Å²) in [6.45, 7) is 7.64. The summed E-state index contributed by atoms with van der Waals surface area (Å²) < 4.78 is 0. The summed E-state index contributed by atoms with van der Waals surface area (Å²) in [7, 11) is 0. The van der Waals surface area contributed by atoms with E-state index >= 15 is 0 Å². The number of rotatable bonds is 6. The lowest BCUT2D eigenvalue weighted by Gasteiger charge is -2.24. The molecule has 17 heavy (non-hydrogen) atoms. The Morgan fingerprint density at radius 2 is 2.29 bits per heavy atom. The molecule has 96 valence electrons. The molecule has 1 aliphatic heterocycles. The van der Waals surface area contributed by atoms with Crippen molar-refractivity contribution < 1.29 is 0 Å². The van der Waals surface area contributed by atoms with E-state index in [2.05, 4.69) is 34.4 Å². The maximum absolute atomic E-state index is 4.36. The van der Waals surface area contributed by atoms with Gasteiger partial charge in [-0.25, -0.2) is 4.98 Å². The molecule has 0 bridgehead atoms. The second-order valence-corrected chi connectivity index (χ2v) is 4.95. The minimum atomic E-state index is 0.528. The van der Waals surface area contributed by atoms with Gasteiger partial charge in [-0.3, -0.25) is 0 Å². The molecule has 0 saturated carbocycles. The number of hydrogen-bond acceptors (Lipinski definition) is 3.